The summed E-state index contributed by atoms with van der Waals surface area (Å²) in [6.45, 7) is 1.03. The molecule has 0 aromatic heterocycles. The summed E-state index contributed by atoms with van der Waals surface area (Å²) in [6, 6.07) is 6.74. The second kappa shape index (κ2) is 5.27. The molecule has 1 amide bonds. The molecule has 2 N–H and O–H groups in total. The predicted octanol–water partition coefficient (Wildman–Crippen LogP) is 1.32. The molecule has 92 valence electrons. The van der Waals surface area contributed by atoms with Crippen LogP contribution in [0, 0.1) is 5.82 Å². The lowest BCUT2D eigenvalue weighted by Crippen LogP contribution is -2.38. The Morgan fingerprint density at radius 3 is 2.71 bits per heavy atom. The smallest absolute Gasteiger partial charge is 0.227 e. The Kier molecular flexibility index (Phi) is 3.74. The lowest BCUT2D eigenvalue weighted by atomic mass is 10.1. The number of hydrogen-bond donors (Lipinski definition) is 1. The van der Waals surface area contributed by atoms with Crippen molar-refractivity contribution >= 4 is 5.91 Å². The quantitative estimate of drug-likeness (QED) is 0.838. The number of amides is 1. The van der Waals surface area contributed by atoms with E-state index in [2.05, 4.69) is 0 Å². The van der Waals surface area contributed by atoms with Crippen molar-refractivity contribution in [1.82, 2.24) is 4.90 Å². The summed E-state index contributed by atoms with van der Waals surface area (Å²) in [6.07, 6.45) is 2.22. The average Bonchev–Trinajstić information content (AvgIpc) is 3.13. The predicted molar refractivity (Wildman–Crippen MR) is 63.9 cm³/mol. The zero-order valence-corrected chi connectivity index (χ0v) is 9.73. The molecule has 3 nitrogen and oxygen atoms in total. The third kappa shape index (κ3) is 3.03. The molecular weight excluding hydrogens is 219 g/mol. The fourth-order valence-electron chi connectivity index (χ4n) is 1.94. The molecule has 1 fully saturated rings. The van der Waals surface area contributed by atoms with Gasteiger partial charge in [-0.1, -0.05) is 18.2 Å². The molecule has 0 bridgehead atoms. The van der Waals surface area contributed by atoms with Gasteiger partial charge in [0.1, 0.15) is 5.82 Å². The Hall–Kier alpha value is -1.42. The summed E-state index contributed by atoms with van der Waals surface area (Å²) >= 11 is 0. The van der Waals surface area contributed by atoms with Gasteiger partial charge in [0.05, 0.1) is 6.42 Å². The minimum absolute atomic E-state index is 0.0250. The van der Waals surface area contributed by atoms with Crippen LogP contribution < -0.4 is 5.73 Å². The summed E-state index contributed by atoms with van der Waals surface area (Å²) in [5.41, 5.74) is 5.95. The van der Waals surface area contributed by atoms with Gasteiger partial charge < -0.3 is 10.6 Å². The van der Waals surface area contributed by atoms with Crippen LogP contribution in [0.2, 0.25) is 0 Å². The van der Waals surface area contributed by atoms with Crippen LogP contribution >= 0.6 is 0 Å². The highest BCUT2D eigenvalue weighted by atomic mass is 19.1. The van der Waals surface area contributed by atoms with E-state index in [1.165, 1.54) is 6.07 Å². The van der Waals surface area contributed by atoms with Crippen molar-refractivity contribution in [3.05, 3.63) is 35.6 Å². The Labute approximate surface area is 100 Å². The molecule has 0 spiro atoms. The maximum atomic E-state index is 13.4. The van der Waals surface area contributed by atoms with Crippen molar-refractivity contribution in [2.24, 2.45) is 5.73 Å². The minimum Gasteiger partial charge on any atom is -0.338 e. The van der Waals surface area contributed by atoms with Crippen LogP contribution in [-0.2, 0) is 11.2 Å². The highest BCUT2D eigenvalue weighted by molar-refractivity contribution is 5.79. The standard InChI is InChI=1S/C13H17FN2O/c14-12-4-2-1-3-10(12)9-13(17)16(8-7-15)11-5-6-11/h1-4,11H,5-9,15H2. The zero-order valence-electron chi connectivity index (χ0n) is 9.73. The van der Waals surface area contributed by atoms with Crippen LogP contribution in [0.5, 0.6) is 0 Å². The summed E-state index contributed by atoms with van der Waals surface area (Å²) in [5.74, 6) is -0.340. The molecule has 1 aliphatic rings. The second-order valence-corrected chi connectivity index (χ2v) is 4.38. The maximum Gasteiger partial charge on any atom is 0.227 e. The monoisotopic (exact) mass is 236 g/mol. The largest absolute Gasteiger partial charge is 0.338 e. The Balaban J connectivity index is 2.02. The Morgan fingerprint density at radius 2 is 2.12 bits per heavy atom. The summed E-state index contributed by atoms with van der Waals surface area (Å²) < 4.78 is 13.4. The van der Waals surface area contributed by atoms with Gasteiger partial charge in [-0.3, -0.25) is 4.79 Å². The molecule has 17 heavy (non-hydrogen) atoms. The average molecular weight is 236 g/mol. The van der Waals surface area contributed by atoms with Crippen molar-refractivity contribution in [3.63, 3.8) is 0 Å². The van der Waals surface area contributed by atoms with E-state index in [-0.39, 0.29) is 18.1 Å². The van der Waals surface area contributed by atoms with Gasteiger partial charge in [0.25, 0.3) is 0 Å². The van der Waals surface area contributed by atoms with E-state index in [4.69, 9.17) is 5.73 Å². The molecule has 1 aromatic rings. The Bertz CT molecular complexity index is 404. The first-order chi connectivity index (χ1) is 8.22. The van der Waals surface area contributed by atoms with E-state index in [9.17, 15) is 9.18 Å². The maximum absolute atomic E-state index is 13.4. The highest BCUT2D eigenvalue weighted by Crippen LogP contribution is 2.27. The van der Waals surface area contributed by atoms with Gasteiger partial charge in [-0.2, -0.15) is 0 Å². The minimum atomic E-state index is -0.315. The van der Waals surface area contributed by atoms with Crippen LogP contribution in [0.25, 0.3) is 0 Å². The van der Waals surface area contributed by atoms with E-state index >= 15 is 0 Å². The van der Waals surface area contributed by atoms with Gasteiger partial charge in [0.15, 0.2) is 0 Å². The molecule has 2 rings (SSSR count). The van der Waals surface area contributed by atoms with Crippen LogP contribution in [0.3, 0.4) is 0 Å². The lowest BCUT2D eigenvalue weighted by Gasteiger charge is -2.21. The molecular formula is C13H17FN2O. The van der Waals surface area contributed by atoms with Crippen LogP contribution in [0.4, 0.5) is 4.39 Å². The number of rotatable bonds is 5. The molecule has 4 heteroatoms. The molecule has 0 aliphatic heterocycles. The van der Waals surface area contributed by atoms with Crippen LogP contribution in [0.1, 0.15) is 18.4 Å². The third-order valence-corrected chi connectivity index (χ3v) is 2.98. The zero-order chi connectivity index (χ0) is 12.3. The summed E-state index contributed by atoms with van der Waals surface area (Å²) in [7, 11) is 0. The van der Waals surface area contributed by atoms with Gasteiger partial charge in [0.2, 0.25) is 5.91 Å². The number of halogens is 1. The number of nitrogens with two attached hydrogens (primary N) is 1. The Morgan fingerprint density at radius 1 is 1.41 bits per heavy atom. The van der Waals surface area contributed by atoms with E-state index in [1.807, 2.05) is 0 Å². The molecule has 1 aliphatic carbocycles. The van der Waals surface area contributed by atoms with Crippen molar-refractivity contribution in [3.8, 4) is 0 Å². The molecule has 0 heterocycles. The normalized spacial score (nSPS) is 14.7. The number of carbonyl (C=O) groups is 1. The molecule has 0 saturated heterocycles. The summed E-state index contributed by atoms with van der Waals surface area (Å²) in [4.78, 5) is 13.8. The summed E-state index contributed by atoms with van der Waals surface area (Å²) in [5, 5.41) is 0. The van der Waals surface area contributed by atoms with Crippen molar-refractivity contribution < 1.29 is 9.18 Å². The molecule has 0 atom stereocenters. The highest BCUT2D eigenvalue weighted by Gasteiger charge is 2.31. The SMILES string of the molecule is NCCN(C(=O)Cc1ccccc1F)C1CC1. The van der Waals surface area contributed by atoms with Gasteiger partial charge in [0, 0.05) is 19.1 Å². The van der Waals surface area contributed by atoms with Crippen molar-refractivity contribution in [2.45, 2.75) is 25.3 Å². The third-order valence-electron chi connectivity index (χ3n) is 2.98. The van der Waals surface area contributed by atoms with E-state index < -0.39 is 0 Å². The van der Waals surface area contributed by atoms with Crippen LogP contribution in [-0.4, -0.2) is 29.9 Å². The fourth-order valence-corrected chi connectivity index (χ4v) is 1.94. The van der Waals surface area contributed by atoms with Crippen molar-refractivity contribution in [1.29, 1.82) is 0 Å². The number of benzene rings is 1. The lowest BCUT2D eigenvalue weighted by molar-refractivity contribution is -0.131. The molecule has 0 unspecified atom stereocenters. The number of hydrogen-bond acceptors (Lipinski definition) is 2. The number of nitrogens with zero attached hydrogens (tertiary/aromatic N) is 1. The molecule has 1 saturated carbocycles. The van der Waals surface area contributed by atoms with Gasteiger partial charge in [-0.25, -0.2) is 4.39 Å². The molecule has 0 radical (unpaired) electrons. The molecule has 1 aromatic carbocycles. The van der Waals surface area contributed by atoms with E-state index in [0.717, 1.165) is 12.8 Å². The van der Waals surface area contributed by atoms with E-state index in [1.54, 1.807) is 23.1 Å². The van der Waals surface area contributed by atoms with Crippen molar-refractivity contribution in [2.75, 3.05) is 13.1 Å². The second-order valence-electron chi connectivity index (χ2n) is 4.38. The fraction of sp³-hybridized carbons (Fsp3) is 0.462. The topological polar surface area (TPSA) is 46.3 Å². The van der Waals surface area contributed by atoms with Gasteiger partial charge in [-0.15, -0.1) is 0 Å². The first-order valence-electron chi connectivity index (χ1n) is 5.95. The van der Waals surface area contributed by atoms with Crippen LogP contribution in [0.15, 0.2) is 24.3 Å². The number of carbonyl (C=O) groups excluding carboxylic acids is 1. The first kappa shape index (κ1) is 12.0. The van der Waals surface area contributed by atoms with Gasteiger partial charge >= 0.3 is 0 Å². The first-order valence-corrected chi connectivity index (χ1v) is 5.95. The van der Waals surface area contributed by atoms with E-state index in [0.29, 0.717) is 24.7 Å². The van der Waals surface area contributed by atoms with Gasteiger partial charge in [-0.05, 0) is 24.5 Å².